The molecule has 0 atom stereocenters. The lowest BCUT2D eigenvalue weighted by Crippen LogP contribution is -2.25. The second kappa shape index (κ2) is 9.11. The van der Waals surface area contributed by atoms with Gasteiger partial charge in [0.05, 0.1) is 11.8 Å². The predicted molar refractivity (Wildman–Crippen MR) is 100 cm³/mol. The van der Waals surface area contributed by atoms with Crippen LogP contribution in [0.1, 0.15) is 40.5 Å². The van der Waals surface area contributed by atoms with Crippen molar-refractivity contribution in [2.45, 2.75) is 46.6 Å². The molecular formula is C19H28N4O. The molecule has 2 aromatic rings. The first-order valence-electron chi connectivity index (χ1n) is 8.73. The number of para-hydroxylation sites is 2. The van der Waals surface area contributed by atoms with E-state index in [0.29, 0.717) is 0 Å². The highest BCUT2D eigenvalue weighted by Gasteiger charge is 2.10. The number of hydrogen-bond acceptors (Lipinski definition) is 5. The normalized spacial score (nSPS) is 10.7. The number of aromatic nitrogens is 2. The highest BCUT2D eigenvalue weighted by atomic mass is 16.5. The van der Waals surface area contributed by atoms with E-state index >= 15 is 0 Å². The second-order valence-electron chi connectivity index (χ2n) is 6.04. The standard InChI is InChI=1S/C19H28N4O/c1-5-11-23(12-6-2)19-13-18(20-14-21-19)22-16-9-7-8-10-17(16)24-15(3)4/h7-10,13-15H,5-6,11-12H2,1-4H3,(H,20,21,22). The van der Waals surface area contributed by atoms with E-state index in [9.17, 15) is 0 Å². The van der Waals surface area contributed by atoms with Gasteiger partial charge in [0.25, 0.3) is 0 Å². The van der Waals surface area contributed by atoms with Crippen LogP contribution in [0.15, 0.2) is 36.7 Å². The third kappa shape index (κ3) is 5.11. The molecule has 2 rings (SSSR count). The third-order valence-corrected chi connectivity index (χ3v) is 3.48. The van der Waals surface area contributed by atoms with Gasteiger partial charge in [-0.1, -0.05) is 26.0 Å². The smallest absolute Gasteiger partial charge is 0.143 e. The molecule has 0 saturated heterocycles. The van der Waals surface area contributed by atoms with Crippen LogP contribution in [0.25, 0.3) is 0 Å². The lowest BCUT2D eigenvalue weighted by Gasteiger charge is -2.23. The van der Waals surface area contributed by atoms with Gasteiger partial charge in [0, 0.05) is 19.2 Å². The van der Waals surface area contributed by atoms with Gasteiger partial charge in [-0.15, -0.1) is 0 Å². The van der Waals surface area contributed by atoms with Crippen LogP contribution in [0, 0.1) is 0 Å². The highest BCUT2D eigenvalue weighted by Crippen LogP contribution is 2.28. The van der Waals surface area contributed by atoms with Crippen molar-refractivity contribution < 1.29 is 4.74 Å². The Bertz CT molecular complexity index is 624. The maximum absolute atomic E-state index is 5.86. The molecule has 5 nitrogen and oxygen atoms in total. The molecule has 0 aliphatic rings. The summed E-state index contributed by atoms with van der Waals surface area (Å²) in [6.07, 6.45) is 3.93. The summed E-state index contributed by atoms with van der Waals surface area (Å²) in [7, 11) is 0. The van der Waals surface area contributed by atoms with Crippen molar-refractivity contribution in [3.63, 3.8) is 0 Å². The van der Waals surface area contributed by atoms with E-state index in [0.717, 1.165) is 49.0 Å². The largest absolute Gasteiger partial charge is 0.489 e. The first-order chi connectivity index (χ1) is 11.6. The topological polar surface area (TPSA) is 50.3 Å². The van der Waals surface area contributed by atoms with Gasteiger partial charge >= 0.3 is 0 Å². The molecular weight excluding hydrogens is 300 g/mol. The van der Waals surface area contributed by atoms with Gasteiger partial charge < -0.3 is 15.0 Å². The van der Waals surface area contributed by atoms with Crippen LogP contribution in [-0.2, 0) is 0 Å². The average molecular weight is 328 g/mol. The van der Waals surface area contributed by atoms with Crippen LogP contribution in [0.2, 0.25) is 0 Å². The number of ether oxygens (including phenoxy) is 1. The summed E-state index contributed by atoms with van der Waals surface area (Å²) in [4.78, 5) is 11.1. The maximum Gasteiger partial charge on any atom is 0.143 e. The molecule has 1 N–H and O–H groups in total. The lowest BCUT2D eigenvalue weighted by molar-refractivity contribution is 0.244. The van der Waals surface area contributed by atoms with Crippen LogP contribution in [0.5, 0.6) is 5.75 Å². The first-order valence-corrected chi connectivity index (χ1v) is 8.73. The average Bonchev–Trinajstić information content (AvgIpc) is 2.56. The van der Waals surface area contributed by atoms with Gasteiger partial charge in [0.2, 0.25) is 0 Å². The number of nitrogens with one attached hydrogen (secondary N) is 1. The number of hydrogen-bond donors (Lipinski definition) is 1. The van der Waals surface area contributed by atoms with Crippen LogP contribution in [0.3, 0.4) is 0 Å². The summed E-state index contributed by atoms with van der Waals surface area (Å²) in [6, 6.07) is 9.91. The van der Waals surface area contributed by atoms with Crippen LogP contribution < -0.4 is 15.0 Å². The fourth-order valence-corrected chi connectivity index (χ4v) is 2.53. The van der Waals surface area contributed by atoms with Crippen molar-refractivity contribution in [1.82, 2.24) is 9.97 Å². The Labute approximate surface area is 145 Å². The van der Waals surface area contributed by atoms with E-state index in [2.05, 4.69) is 34.0 Å². The van der Waals surface area contributed by atoms with E-state index in [1.54, 1.807) is 6.33 Å². The third-order valence-electron chi connectivity index (χ3n) is 3.48. The Balaban J connectivity index is 2.20. The molecule has 1 aromatic carbocycles. The molecule has 1 heterocycles. The second-order valence-corrected chi connectivity index (χ2v) is 6.04. The van der Waals surface area contributed by atoms with Gasteiger partial charge in [-0.05, 0) is 38.8 Å². The summed E-state index contributed by atoms with van der Waals surface area (Å²) in [6.45, 7) is 10.4. The molecule has 0 aliphatic carbocycles. The Morgan fingerprint density at radius 1 is 1.08 bits per heavy atom. The molecule has 0 fully saturated rings. The number of nitrogens with zero attached hydrogens (tertiary/aromatic N) is 3. The molecule has 5 heteroatoms. The molecule has 0 saturated carbocycles. The van der Waals surface area contributed by atoms with Crippen molar-refractivity contribution in [2.24, 2.45) is 0 Å². The summed E-state index contributed by atoms with van der Waals surface area (Å²) < 4.78 is 5.86. The zero-order chi connectivity index (χ0) is 17.4. The fraction of sp³-hybridized carbons (Fsp3) is 0.474. The molecule has 1 aromatic heterocycles. The molecule has 0 aliphatic heterocycles. The van der Waals surface area contributed by atoms with E-state index in [-0.39, 0.29) is 6.10 Å². The van der Waals surface area contributed by atoms with Crippen LogP contribution >= 0.6 is 0 Å². The molecule has 0 amide bonds. The van der Waals surface area contributed by atoms with Gasteiger partial charge in [-0.3, -0.25) is 0 Å². The molecule has 0 unspecified atom stereocenters. The highest BCUT2D eigenvalue weighted by molar-refractivity contribution is 5.65. The molecule has 0 bridgehead atoms. The molecule has 0 spiro atoms. The zero-order valence-corrected chi connectivity index (χ0v) is 15.1. The molecule has 24 heavy (non-hydrogen) atoms. The maximum atomic E-state index is 5.86. The van der Waals surface area contributed by atoms with E-state index in [1.165, 1.54) is 0 Å². The monoisotopic (exact) mass is 328 g/mol. The van der Waals surface area contributed by atoms with E-state index in [4.69, 9.17) is 4.74 Å². The Kier molecular flexibility index (Phi) is 6.85. The van der Waals surface area contributed by atoms with Gasteiger partial charge in [-0.25, -0.2) is 9.97 Å². The Morgan fingerprint density at radius 2 is 1.79 bits per heavy atom. The molecule has 0 radical (unpaired) electrons. The predicted octanol–water partition coefficient (Wildman–Crippen LogP) is 4.63. The number of anilines is 3. The zero-order valence-electron chi connectivity index (χ0n) is 15.1. The quantitative estimate of drug-likeness (QED) is 0.727. The van der Waals surface area contributed by atoms with E-state index in [1.807, 2.05) is 44.2 Å². The number of benzene rings is 1. The van der Waals surface area contributed by atoms with Crippen molar-refractivity contribution in [1.29, 1.82) is 0 Å². The Morgan fingerprint density at radius 3 is 2.46 bits per heavy atom. The Hall–Kier alpha value is -2.30. The SMILES string of the molecule is CCCN(CCC)c1cc(Nc2ccccc2OC(C)C)ncn1. The van der Waals surface area contributed by atoms with Crippen molar-refractivity contribution in [3.8, 4) is 5.75 Å². The van der Waals surface area contributed by atoms with E-state index < -0.39 is 0 Å². The van der Waals surface area contributed by atoms with Crippen molar-refractivity contribution in [2.75, 3.05) is 23.3 Å². The summed E-state index contributed by atoms with van der Waals surface area (Å²) in [5.41, 5.74) is 0.911. The summed E-state index contributed by atoms with van der Waals surface area (Å²) in [5, 5.41) is 3.35. The van der Waals surface area contributed by atoms with Gasteiger partial charge in [0.15, 0.2) is 0 Å². The minimum absolute atomic E-state index is 0.124. The van der Waals surface area contributed by atoms with Crippen LogP contribution in [0.4, 0.5) is 17.3 Å². The lowest BCUT2D eigenvalue weighted by atomic mass is 10.3. The van der Waals surface area contributed by atoms with Crippen molar-refractivity contribution in [3.05, 3.63) is 36.7 Å². The minimum Gasteiger partial charge on any atom is -0.489 e. The van der Waals surface area contributed by atoms with Gasteiger partial charge in [-0.2, -0.15) is 0 Å². The van der Waals surface area contributed by atoms with Gasteiger partial charge in [0.1, 0.15) is 23.7 Å². The fourth-order valence-electron chi connectivity index (χ4n) is 2.53. The number of rotatable bonds is 9. The van der Waals surface area contributed by atoms with Crippen molar-refractivity contribution >= 4 is 17.3 Å². The summed E-state index contributed by atoms with van der Waals surface area (Å²) >= 11 is 0. The first kappa shape index (κ1) is 18.0. The summed E-state index contributed by atoms with van der Waals surface area (Å²) in [5.74, 6) is 2.56. The molecule has 130 valence electrons. The van der Waals surface area contributed by atoms with Crippen LogP contribution in [-0.4, -0.2) is 29.2 Å². The minimum atomic E-state index is 0.124.